The summed E-state index contributed by atoms with van der Waals surface area (Å²) >= 11 is 0. The Bertz CT molecular complexity index is 864. The Morgan fingerprint density at radius 2 is 1.88 bits per heavy atom. The van der Waals surface area contributed by atoms with Gasteiger partial charge in [0.15, 0.2) is 6.04 Å². The van der Waals surface area contributed by atoms with Crippen LogP contribution in [0.4, 0.5) is 0 Å². The van der Waals surface area contributed by atoms with E-state index >= 15 is 0 Å². The first-order valence-electron chi connectivity index (χ1n) is 8.65. The summed E-state index contributed by atoms with van der Waals surface area (Å²) < 4.78 is 0. The first kappa shape index (κ1) is 18.0. The third kappa shape index (κ3) is 3.31. The van der Waals surface area contributed by atoms with Gasteiger partial charge in [-0.25, -0.2) is 4.79 Å². The van der Waals surface area contributed by atoms with Gasteiger partial charge in [0, 0.05) is 11.1 Å². The van der Waals surface area contributed by atoms with Gasteiger partial charge in [-0.1, -0.05) is 38.1 Å². The topological polar surface area (TPSA) is 110 Å². The molecule has 1 unspecified atom stereocenters. The molecule has 0 bridgehead atoms. The van der Waals surface area contributed by atoms with Crippen LogP contribution in [0.3, 0.4) is 0 Å². The van der Waals surface area contributed by atoms with Gasteiger partial charge in [0.2, 0.25) is 11.7 Å². The van der Waals surface area contributed by atoms with Gasteiger partial charge in [-0.05, 0) is 35.8 Å². The lowest BCUT2D eigenvalue weighted by Gasteiger charge is -2.36. The first-order chi connectivity index (χ1) is 12.2. The van der Waals surface area contributed by atoms with E-state index < -0.39 is 24.3 Å². The Labute approximate surface area is 151 Å². The number of fused-ring (bicyclic) bond motifs is 2. The number of carboxylic acid groups (broad SMARTS) is 1. The predicted octanol–water partition coefficient (Wildman–Crippen LogP) is 2.35. The summed E-state index contributed by atoms with van der Waals surface area (Å²) in [4.78, 5) is 39.9. The Balaban J connectivity index is 2.14. The summed E-state index contributed by atoms with van der Waals surface area (Å²) in [6.07, 6.45) is 1.88. The van der Waals surface area contributed by atoms with Gasteiger partial charge in [-0.15, -0.1) is 0 Å². The summed E-state index contributed by atoms with van der Waals surface area (Å²) in [5.41, 5.74) is 8.66. The van der Waals surface area contributed by atoms with E-state index in [-0.39, 0.29) is 16.9 Å². The van der Waals surface area contributed by atoms with Crippen LogP contribution in [-0.2, 0) is 14.4 Å². The fourth-order valence-electron chi connectivity index (χ4n) is 3.68. The molecule has 1 aromatic carbocycles. The largest absolute Gasteiger partial charge is 0.480 e. The lowest BCUT2D eigenvalue weighted by Crippen LogP contribution is -2.33. The number of Topliss-reactive ketones (excluding diaryl/α,β-unsaturated/α-hetero) is 1. The third-order valence-electron chi connectivity index (χ3n) is 5.03. The molecule has 1 amide bonds. The van der Waals surface area contributed by atoms with Gasteiger partial charge >= 0.3 is 5.97 Å². The molecule has 3 N–H and O–H groups in total. The van der Waals surface area contributed by atoms with Crippen molar-refractivity contribution in [3.8, 4) is 0 Å². The highest BCUT2D eigenvalue weighted by molar-refractivity contribution is 6.54. The quantitative estimate of drug-likeness (QED) is 0.864. The number of aliphatic imine (C=N–C) groups is 1. The number of nitrogens with two attached hydrogens (primary N) is 1. The zero-order chi connectivity index (χ0) is 19.1. The highest BCUT2D eigenvalue weighted by Gasteiger charge is 2.37. The third-order valence-corrected chi connectivity index (χ3v) is 5.03. The molecular weight excluding hydrogens is 332 g/mol. The minimum atomic E-state index is -1.36. The molecule has 6 nitrogen and oxygen atoms in total. The molecule has 2 aliphatic carbocycles. The smallest absolute Gasteiger partial charge is 0.328 e. The van der Waals surface area contributed by atoms with Crippen molar-refractivity contribution in [2.45, 2.75) is 45.6 Å². The van der Waals surface area contributed by atoms with Crippen LogP contribution in [-0.4, -0.2) is 34.5 Å². The van der Waals surface area contributed by atoms with Crippen LogP contribution in [0.15, 0.2) is 34.8 Å². The highest BCUT2D eigenvalue weighted by atomic mass is 16.4. The number of carbonyl (C=O) groups is 3. The number of carbonyl (C=O) groups excluding carboxylic acids is 2. The zero-order valence-electron chi connectivity index (χ0n) is 14.9. The van der Waals surface area contributed by atoms with Crippen molar-refractivity contribution in [2.24, 2.45) is 16.1 Å². The van der Waals surface area contributed by atoms with Crippen LogP contribution in [0.1, 0.15) is 50.7 Å². The van der Waals surface area contributed by atoms with Crippen LogP contribution in [0.25, 0.3) is 5.57 Å². The molecule has 0 saturated carbocycles. The van der Waals surface area contributed by atoms with Gasteiger partial charge in [-0.2, -0.15) is 0 Å². The van der Waals surface area contributed by atoms with E-state index in [4.69, 9.17) is 5.73 Å². The maximum Gasteiger partial charge on any atom is 0.328 e. The van der Waals surface area contributed by atoms with E-state index in [1.54, 1.807) is 12.1 Å². The minimum Gasteiger partial charge on any atom is -0.480 e. The summed E-state index contributed by atoms with van der Waals surface area (Å²) in [7, 11) is 0. The number of carboxylic acids is 1. The normalized spacial score (nSPS) is 21.2. The number of allylic oxidation sites excluding steroid dienone is 2. The van der Waals surface area contributed by atoms with Crippen molar-refractivity contribution in [1.82, 2.24) is 0 Å². The van der Waals surface area contributed by atoms with E-state index in [0.29, 0.717) is 17.6 Å². The van der Waals surface area contributed by atoms with Crippen molar-refractivity contribution in [2.75, 3.05) is 0 Å². The average Bonchev–Trinajstić information content (AvgIpc) is 2.56. The molecule has 6 heteroatoms. The van der Waals surface area contributed by atoms with Crippen molar-refractivity contribution in [3.05, 3.63) is 41.0 Å². The molecule has 0 fully saturated rings. The molecule has 0 aliphatic heterocycles. The van der Waals surface area contributed by atoms with Gasteiger partial charge < -0.3 is 10.8 Å². The SMILES string of the molecule is CC1(C)CCC2=C(C1)c1ccccc1C(=NC(CC(N)=O)C(=O)O)C2=O. The number of rotatable bonds is 4. The second-order valence-corrected chi connectivity index (χ2v) is 7.67. The number of benzene rings is 1. The number of aliphatic carboxylic acids is 1. The fraction of sp³-hybridized carbons (Fsp3) is 0.400. The predicted molar refractivity (Wildman–Crippen MR) is 97.8 cm³/mol. The molecular formula is C20H22N2O4. The Kier molecular flexibility index (Phi) is 4.52. The summed E-state index contributed by atoms with van der Waals surface area (Å²) in [5, 5.41) is 9.35. The van der Waals surface area contributed by atoms with Gasteiger partial charge in [0.1, 0.15) is 5.71 Å². The van der Waals surface area contributed by atoms with Gasteiger partial charge in [0.05, 0.1) is 6.42 Å². The molecule has 0 spiro atoms. The molecule has 0 saturated heterocycles. The van der Waals surface area contributed by atoms with Crippen molar-refractivity contribution < 1.29 is 19.5 Å². The number of hydrogen-bond acceptors (Lipinski definition) is 4. The number of nitrogens with zero attached hydrogens (tertiary/aromatic N) is 1. The monoisotopic (exact) mass is 354 g/mol. The van der Waals surface area contributed by atoms with Gasteiger partial charge in [-0.3, -0.25) is 14.6 Å². The van der Waals surface area contributed by atoms with E-state index in [0.717, 1.165) is 24.0 Å². The average molecular weight is 354 g/mol. The lowest BCUT2D eigenvalue weighted by atomic mass is 9.68. The number of ketones is 1. The second kappa shape index (κ2) is 6.52. The molecule has 26 heavy (non-hydrogen) atoms. The van der Waals surface area contributed by atoms with Crippen molar-refractivity contribution in [1.29, 1.82) is 0 Å². The molecule has 0 radical (unpaired) electrons. The number of hydrogen-bond donors (Lipinski definition) is 2. The maximum atomic E-state index is 13.1. The van der Waals surface area contributed by atoms with Crippen LogP contribution in [0, 0.1) is 5.41 Å². The second-order valence-electron chi connectivity index (χ2n) is 7.67. The van der Waals surface area contributed by atoms with Crippen molar-refractivity contribution >= 4 is 28.9 Å². The lowest BCUT2D eigenvalue weighted by molar-refractivity contribution is -0.140. The van der Waals surface area contributed by atoms with Crippen LogP contribution in [0.5, 0.6) is 0 Å². The van der Waals surface area contributed by atoms with E-state index in [2.05, 4.69) is 18.8 Å². The Morgan fingerprint density at radius 3 is 2.50 bits per heavy atom. The van der Waals surface area contributed by atoms with E-state index in [9.17, 15) is 19.5 Å². The van der Waals surface area contributed by atoms with Crippen LogP contribution < -0.4 is 5.73 Å². The Morgan fingerprint density at radius 1 is 1.23 bits per heavy atom. The number of primary amides is 1. The van der Waals surface area contributed by atoms with Gasteiger partial charge in [0.25, 0.3) is 0 Å². The first-order valence-corrected chi connectivity index (χ1v) is 8.65. The molecule has 0 aromatic heterocycles. The standard InChI is InChI=1S/C20H22N2O4/c1-20(2)8-7-13-14(10-20)11-5-3-4-6-12(11)17(18(13)24)22-15(19(25)26)9-16(21)23/h3-6,15H,7-10H2,1-2H3,(H2,21,23)(H,25,26). The molecule has 3 rings (SSSR count). The fourth-order valence-corrected chi connectivity index (χ4v) is 3.68. The van der Waals surface area contributed by atoms with Crippen LogP contribution >= 0.6 is 0 Å². The van der Waals surface area contributed by atoms with E-state index in [1.165, 1.54) is 0 Å². The molecule has 136 valence electrons. The molecule has 1 atom stereocenters. The Hall–Kier alpha value is -2.76. The molecule has 1 aromatic rings. The van der Waals surface area contributed by atoms with E-state index in [1.807, 2.05) is 12.1 Å². The maximum absolute atomic E-state index is 13.1. The molecule has 2 aliphatic rings. The summed E-state index contributed by atoms with van der Waals surface area (Å²) in [6.45, 7) is 4.36. The minimum absolute atomic E-state index is 0.108. The summed E-state index contributed by atoms with van der Waals surface area (Å²) in [5.74, 6) is -2.27. The van der Waals surface area contributed by atoms with Crippen LogP contribution in [0.2, 0.25) is 0 Å². The van der Waals surface area contributed by atoms with Crippen molar-refractivity contribution in [3.63, 3.8) is 0 Å². The highest BCUT2D eigenvalue weighted by Crippen LogP contribution is 2.46. The zero-order valence-corrected chi connectivity index (χ0v) is 14.9. The molecule has 0 heterocycles. The summed E-state index contributed by atoms with van der Waals surface area (Å²) in [6, 6.07) is 6.06. The number of amides is 1.